The monoisotopic (exact) mass is 276 g/mol. The van der Waals surface area contributed by atoms with Crippen molar-refractivity contribution in [1.29, 1.82) is 0 Å². The molecule has 110 valence electrons. The van der Waals surface area contributed by atoms with Crippen LogP contribution in [0.25, 0.3) is 0 Å². The van der Waals surface area contributed by atoms with Crippen molar-refractivity contribution < 1.29 is 9.47 Å². The molecule has 2 heterocycles. The maximum Gasteiger partial charge on any atom is 0.163 e. The number of rotatable bonds is 3. The average Bonchev–Trinajstić information content (AvgIpc) is 2.53. The van der Waals surface area contributed by atoms with Crippen LogP contribution in [0.1, 0.15) is 26.7 Å². The molecule has 3 rings (SSSR count). The quantitative estimate of drug-likeness (QED) is 0.919. The third-order valence-electron chi connectivity index (χ3n) is 4.32. The van der Waals surface area contributed by atoms with E-state index in [4.69, 9.17) is 9.47 Å². The minimum Gasteiger partial charge on any atom is -0.486 e. The van der Waals surface area contributed by atoms with E-state index in [2.05, 4.69) is 36.2 Å². The van der Waals surface area contributed by atoms with Gasteiger partial charge in [-0.2, -0.15) is 0 Å². The predicted octanol–water partition coefficient (Wildman–Crippen LogP) is 2.42. The number of piperazine rings is 1. The number of nitrogens with zero attached hydrogens (tertiary/aromatic N) is 1. The number of fused-ring (bicyclic) bond motifs is 1. The zero-order valence-corrected chi connectivity index (χ0v) is 12.4. The van der Waals surface area contributed by atoms with E-state index in [0.717, 1.165) is 37.4 Å². The van der Waals surface area contributed by atoms with Gasteiger partial charge in [0.05, 0.1) is 0 Å². The number of benzene rings is 1. The normalized spacial score (nSPS) is 25.6. The summed E-state index contributed by atoms with van der Waals surface area (Å²) in [6.07, 6.45) is 2.31. The first-order valence-corrected chi connectivity index (χ1v) is 7.71. The second-order valence-electron chi connectivity index (χ2n) is 5.56. The Kier molecular flexibility index (Phi) is 4.01. The van der Waals surface area contributed by atoms with Crippen LogP contribution in [-0.4, -0.2) is 38.4 Å². The van der Waals surface area contributed by atoms with Gasteiger partial charge in [0, 0.05) is 36.9 Å². The first-order valence-electron chi connectivity index (χ1n) is 7.71. The minimum absolute atomic E-state index is 0.556. The molecule has 1 aromatic carbocycles. The van der Waals surface area contributed by atoms with Crippen LogP contribution in [0.4, 0.5) is 5.69 Å². The van der Waals surface area contributed by atoms with Crippen molar-refractivity contribution in [3.63, 3.8) is 0 Å². The van der Waals surface area contributed by atoms with E-state index < -0.39 is 0 Å². The standard InChI is InChI=1S/C16H24N2O2/c1-3-12-11-18(13(4-2)10-17-12)14-5-6-15-16(9-14)20-8-7-19-15/h5-6,9,12-13,17H,3-4,7-8,10-11H2,1-2H3. The third kappa shape index (κ3) is 2.57. The molecule has 2 atom stereocenters. The molecule has 1 saturated heterocycles. The maximum atomic E-state index is 5.71. The highest BCUT2D eigenvalue weighted by Gasteiger charge is 2.27. The van der Waals surface area contributed by atoms with Crippen molar-refractivity contribution >= 4 is 5.69 Å². The van der Waals surface area contributed by atoms with Crippen molar-refractivity contribution in [2.75, 3.05) is 31.2 Å². The van der Waals surface area contributed by atoms with Gasteiger partial charge in [-0.3, -0.25) is 0 Å². The molecule has 20 heavy (non-hydrogen) atoms. The number of hydrogen-bond donors (Lipinski definition) is 1. The molecule has 4 nitrogen and oxygen atoms in total. The molecular formula is C16H24N2O2. The SMILES string of the molecule is CCC1CN(c2ccc3c(c2)OCCO3)C(CC)CN1. The summed E-state index contributed by atoms with van der Waals surface area (Å²) in [6, 6.07) is 7.47. The number of nitrogens with one attached hydrogen (secondary N) is 1. The van der Waals surface area contributed by atoms with E-state index in [1.165, 1.54) is 5.69 Å². The molecule has 2 unspecified atom stereocenters. The summed E-state index contributed by atoms with van der Waals surface area (Å²) in [4.78, 5) is 2.52. The molecule has 1 aromatic rings. The molecule has 0 spiro atoms. The van der Waals surface area contributed by atoms with Crippen molar-refractivity contribution in [2.24, 2.45) is 0 Å². The topological polar surface area (TPSA) is 33.7 Å². The van der Waals surface area contributed by atoms with E-state index in [-0.39, 0.29) is 0 Å². The molecular weight excluding hydrogens is 252 g/mol. The number of anilines is 1. The van der Waals surface area contributed by atoms with Gasteiger partial charge in [-0.15, -0.1) is 0 Å². The largest absolute Gasteiger partial charge is 0.486 e. The van der Waals surface area contributed by atoms with Gasteiger partial charge in [-0.25, -0.2) is 0 Å². The second-order valence-corrected chi connectivity index (χ2v) is 5.56. The third-order valence-corrected chi connectivity index (χ3v) is 4.32. The van der Waals surface area contributed by atoms with Crippen molar-refractivity contribution in [1.82, 2.24) is 5.32 Å². The van der Waals surface area contributed by atoms with Gasteiger partial charge in [0.15, 0.2) is 11.5 Å². The summed E-state index contributed by atoms with van der Waals surface area (Å²) in [5.74, 6) is 1.76. The molecule has 0 aliphatic carbocycles. The maximum absolute atomic E-state index is 5.71. The van der Waals surface area contributed by atoms with Crippen LogP contribution in [0, 0.1) is 0 Å². The summed E-state index contributed by atoms with van der Waals surface area (Å²) in [5, 5.41) is 3.63. The van der Waals surface area contributed by atoms with Gasteiger partial charge in [-0.1, -0.05) is 13.8 Å². The first-order chi connectivity index (χ1) is 9.81. The Morgan fingerprint density at radius 1 is 1.15 bits per heavy atom. The lowest BCUT2D eigenvalue weighted by Crippen LogP contribution is -2.56. The lowest BCUT2D eigenvalue weighted by molar-refractivity contribution is 0.171. The summed E-state index contributed by atoms with van der Waals surface area (Å²) in [7, 11) is 0. The molecule has 0 aromatic heterocycles. The molecule has 0 amide bonds. The van der Waals surface area contributed by atoms with E-state index in [0.29, 0.717) is 25.3 Å². The molecule has 0 saturated carbocycles. The van der Waals surface area contributed by atoms with E-state index in [9.17, 15) is 0 Å². The number of ether oxygens (including phenoxy) is 2. The molecule has 2 aliphatic heterocycles. The molecule has 4 heteroatoms. The molecule has 1 N–H and O–H groups in total. The van der Waals surface area contributed by atoms with Gasteiger partial charge in [0.25, 0.3) is 0 Å². The van der Waals surface area contributed by atoms with Gasteiger partial charge < -0.3 is 19.7 Å². The summed E-state index contributed by atoms with van der Waals surface area (Å²) < 4.78 is 11.3. The van der Waals surface area contributed by atoms with Crippen molar-refractivity contribution in [3.8, 4) is 11.5 Å². The van der Waals surface area contributed by atoms with Crippen molar-refractivity contribution in [3.05, 3.63) is 18.2 Å². The predicted molar refractivity (Wildman–Crippen MR) is 80.9 cm³/mol. The van der Waals surface area contributed by atoms with Crippen LogP contribution in [0.3, 0.4) is 0 Å². The number of hydrogen-bond acceptors (Lipinski definition) is 4. The van der Waals surface area contributed by atoms with E-state index in [1.54, 1.807) is 0 Å². The van der Waals surface area contributed by atoms with Gasteiger partial charge in [0.2, 0.25) is 0 Å². The summed E-state index contributed by atoms with van der Waals surface area (Å²) >= 11 is 0. The fraction of sp³-hybridized carbons (Fsp3) is 0.625. The van der Waals surface area contributed by atoms with Crippen LogP contribution in [-0.2, 0) is 0 Å². The van der Waals surface area contributed by atoms with Gasteiger partial charge >= 0.3 is 0 Å². The average molecular weight is 276 g/mol. The smallest absolute Gasteiger partial charge is 0.163 e. The highest BCUT2D eigenvalue weighted by atomic mass is 16.6. The Balaban J connectivity index is 1.85. The van der Waals surface area contributed by atoms with E-state index in [1.807, 2.05) is 6.07 Å². The summed E-state index contributed by atoms with van der Waals surface area (Å²) in [6.45, 7) is 7.91. The summed E-state index contributed by atoms with van der Waals surface area (Å²) in [5.41, 5.74) is 1.25. The second kappa shape index (κ2) is 5.92. The van der Waals surface area contributed by atoms with Crippen LogP contribution in [0.2, 0.25) is 0 Å². The highest BCUT2D eigenvalue weighted by molar-refractivity contribution is 5.57. The fourth-order valence-corrected chi connectivity index (χ4v) is 3.03. The Labute approximate surface area is 121 Å². The van der Waals surface area contributed by atoms with Crippen molar-refractivity contribution in [2.45, 2.75) is 38.8 Å². The zero-order valence-electron chi connectivity index (χ0n) is 12.4. The Morgan fingerprint density at radius 3 is 2.70 bits per heavy atom. The molecule has 0 radical (unpaired) electrons. The zero-order chi connectivity index (χ0) is 13.9. The van der Waals surface area contributed by atoms with Gasteiger partial charge in [0.1, 0.15) is 13.2 Å². The van der Waals surface area contributed by atoms with E-state index >= 15 is 0 Å². The Bertz CT molecular complexity index is 464. The first kappa shape index (κ1) is 13.6. The van der Waals surface area contributed by atoms with Crippen LogP contribution < -0.4 is 19.7 Å². The molecule has 1 fully saturated rings. The van der Waals surface area contributed by atoms with Gasteiger partial charge in [-0.05, 0) is 25.0 Å². The fourth-order valence-electron chi connectivity index (χ4n) is 3.03. The lowest BCUT2D eigenvalue weighted by Gasteiger charge is -2.41. The molecule has 2 aliphatic rings. The van der Waals surface area contributed by atoms with Crippen LogP contribution in [0.15, 0.2) is 18.2 Å². The lowest BCUT2D eigenvalue weighted by atomic mass is 10.0. The Morgan fingerprint density at radius 2 is 1.95 bits per heavy atom. The Hall–Kier alpha value is -1.42. The highest BCUT2D eigenvalue weighted by Crippen LogP contribution is 2.35. The van der Waals surface area contributed by atoms with Crippen LogP contribution in [0.5, 0.6) is 11.5 Å². The molecule has 0 bridgehead atoms. The van der Waals surface area contributed by atoms with Crippen LogP contribution >= 0.6 is 0 Å². The minimum atomic E-state index is 0.556.